The van der Waals surface area contributed by atoms with Gasteiger partial charge in [-0.2, -0.15) is 13.2 Å². The molecule has 2 aliphatic heterocycles. The number of anilines is 3. The number of alkyl halides is 3. The summed E-state index contributed by atoms with van der Waals surface area (Å²) in [5.41, 5.74) is 2.71. The molecule has 0 radical (unpaired) electrons. The number of thiocarbonyl (C=S) groups is 1. The summed E-state index contributed by atoms with van der Waals surface area (Å²) < 4.78 is 45.3. The number of hydrogen-bond acceptors (Lipinski definition) is 5. The molecule has 0 spiro atoms. The van der Waals surface area contributed by atoms with Crippen molar-refractivity contribution in [1.82, 2.24) is 9.97 Å². The smallest absolute Gasteiger partial charge is 0.416 e. The molecule has 2 aromatic carbocycles. The lowest BCUT2D eigenvalue weighted by Gasteiger charge is -2.37. The number of hydrogen-bond donors (Lipinski definition) is 1. The Morgan fingerprint density at radius 3 is 2.69 bits per heavy atom. The summed E-state index contributed by atoms with van der Waals surface area (Å²) in [5, 5.41) is 3.79. The maximum absolute atomic E-state index is 13.3. The van der Waals surface area contributed by atoms with Crippen LogP contribution in [0.2, 0.25) is 0 Å². The fraction of sp³-hybridized carbons (Fsp3) is 0.192. The van der Waals surface area contributed by atoms with E-state index in [-0.39, 0.29) is 6.04 Å². The summed E-state index contributed by atoms with van der Waals surface area (Å²) in [6.45, 7) is 1.67. The molecule has 36 heavy (non-hydrogen) atoms. The number of nitrogens with one attached hydrogen (secondary N) is 1. The second-order valence-electron chi connectivity index (χ2n) is 8.75. The van der Waals surface area contributed by atoms with Crippen LogP contribution in [0.15, 0.2) is 77.7 Å². The molecule has 0 amide bonds. The number of pyridine rings is 1. The Morgan fingerprint density at radius 1 is 1.06 bits per heavy atom. The van der Waals surface area contributed by atoms with E-state index >= 15 is 0 Å². The number of aromatic nitrogens is 2. The molecule has 10 heteroatoms. The van der Waals surface area contributed by atoms with Crippen LogP contribution in [-0.2, 0) is 6.18 Å². The molecule has 0 saturated carbocycles. The molecule has 2 aliphatic rings. The molecule has 182 valence electrons. The fourth-order valence-corrected chi connectivity index (χ4v) is 5.13. The van der Waals surface area contributed by atoms with Crippen LogP contribution >= 0.6 is 12.2 Å². The fourth-order valence-electron chi connectivity index (χ4n) is 4.78. The van der Waals surface area contributed by atoms with Gasteiger partial charge in [0.1, 0.15) is 0 Å². The number of halogens is 3. The highest BCUT2D eigenvalue weighted by Gasteiger charge is 2.39. The quantitative estimate of drug-likeness (QED) is 0.331. The van der Waals surface area contributed by atoms with Gasteiger partial charge in [-0.15, -0.1) is 0 Å². The van der Waals surface area contributed by atoms with Crippen LogP contribution < -0.4 is 15.1 Å². The predicted octanol–water partition coefficient (Wildman–Crippen LogP) is 6.22. The SMILES string of the molecule is FC(F)(F)c1cccc(-c2ccc3c(n2)N(C(=S)Nc2cccc(-c4cnco4)c2)C2CCN3C2)c1. The van der Waals surface area contributed by atoms with Crippen molar-refractivity contribution < 1.29 is 17.6 Å². The minimum absolute atomic E-state index is 0.110. The van der Waals surface area contributed by atoms with Gasteiger partial charge in [-0.05, 0) is 55.0 Å². The first-order valence-corrected chi connectivity index (χ1v) is 11.8. The first kappa shape index (κ1) is 22.5. The van der Waals surface area contributed by atoms with Gasteiger partial charge in [-0.3, -0.25) is 4.90 Å². The van der Waals surface area contributed by atoms with E-state index in [2.05, 4.69) is 15.2 Å². The maximum atomic E-state index is 13.3. The third-order valence-electron chi connectivity index (χ3n) is 6.49. The molecule has 1 N–H and O–H groups in total. The summed E-state index contributed by atoms with van der Waals surface area (Å²) in [6.07, 6.45) is -0.503. The lowest BCUT2D eigenvalue weighted by atomic mass is 10.1. The van der Waals surface area contributed by atoms with Crippen molar-refractivity contribution >= 4 is 34.5 Å². The largest absolute Gasteiger partial charge is 0.444 e. The second kappa shape index (κ2) is 8.63. The van der Waals surface area contributed by atoms with Gasteiger partial charge < -0.3 is 14.6 Å². The number of benzene rings is 2. The van der Waals surface area contributed by atoms with Crippen LogP contribution in [0.4, 0.5) is 30.4 Å². The molecule has 1 saturated heterocycles. The minimum atomic E-state index is -4.42. The highest BCUT2D eigenvalue weighted by Crippen LogP contribution is 2.41. The first-order valence-electron chi connectivity index (χ1n) is 11.4. The lowest BCUT2D eigenvalue weighted by molar-refractivity contribution is -0.137. The van der Waals surface area contributed by atoms with Crippen molar-refractivity contribution in [2.75, 3.05) is 28.2 Å². The zero-order valence-corrected chi connectivity index (χ0v) is 19.7. The minimum Gasteiger partial charge on any atom is -0.444 e. The van der Waals surface area contributed by atoms with Gasteiger partial charge in [-0.1, -0.05) is 24.3 Å². The Hall–Kier alpha value is -3.92. The van der Waals surface area contributed by atoms with Crippen molar-refractivity contribution in [2.24, 2.45) is 0 Å². The molecule has 1 unspecified atom stereocenters. The zero-order valence-electron chi connectivity index (χ0n) is 18.9. The van der Waals surface area contributed by atoms with E-state index in [4.69, 9.17) is 21.6 Å². The molecule has 4 aromatic rings. The average molecular weight is 508 g/mol. The third-order valence-corrected chi connectivity index (χ3v) is 6.79. The topological polar surface area (TPSA) is 57.4 Å². The molecule has 1 fully saturated rings. The molecule has 6 rings (SSSR count). The van der Waals surface area contributed by atoms with Crippen LogP contribution in [0, 0.1) is 0 Å². The maximum Gasteiger partial charge on any atom is 0.416 e. The molecule has 2 aromatic heterocycles. The van der Waals surface area contributed by atoms with E-state index in [1.54, 1.807) is 18.3 Å². The molecule has 2 bridgehead atoms. The number of nitrogens with zero attached hydrogens (tertiary/aromatic N) is 4. The summed E-state index contributed by atoms with van der Waals surface area (Å²) in [6, 6.07) is 16.7. The van der Waals surface area contributed by atoms with Gasteiger partial charge in [0.25, 0.3) is 0 Å². The highest BCUT2D eigenvalue weighted by molar-refractivity contribution is 7.80. The van der Waals surface area contributed by atoms with E-state index in [9.17, 15) is 13.2 Å². The third kappa shape index (κ3) is 4.07. The number of rotatable bonds is 3. The van der Waals surface area contributed by atoms with Gasteiger partial charge in [0, 0.05) is 29.9 Å². The molecule has 0 aliphatic carbocycles. The van der Waals surface area contributed by atoms with Gasteiger partial charge in [-0.25, -0.2) is 9.97 Å². The number of oxazole rings is 1. The molecule has 1 atom stereocenters. The Labute approximate surface area is 210 Å². The highest BCUT2D eigenvalue weighted by atomic mass is 32.1. The van der Waals surface area contributed by atoms with Gasteiger partial charge in [0.15, 0.2) is 23.1 Å². The Bertz CT molecular complexity index is 1440. The summed E-state index contributed by atoms with van der Waals surface area (Å²) in [5.74, 6) is 1.29. The molecular weight excluding hydrogens is 487 g/mol. The van der Waals surface area contributed by atoms with Crippen molar-refractivity contribution in [3.63, 3.8) is 0 Å². The Morgan fingerprint density at radius 2 is 1.89 bits per heavy atom. The van der Waals surface area contributed by atoms with E-state index in [0.717, 1.165) is 48.6 Å². The normalized spacial score (nSPS) is 16.7. The van der Waals surface area contributed by atoms with Crippen LogP contribution in [0.3, 0.4) is 0 Å². The van der Waals surface area contributed by atoms with Crippen LogP contribution in [-0.4, -0.2) is 34.2 Å². The van der Waals surface area contributed by atoms with Crippen LogP contribution in [0.5, 0.6) is 0 Å². The van der Waals surface area contributed by atoms with Crippen molar-refractivity contribution in [3.8, 4) is 22.6 Å². The average Bonchev–Trinajstić information content (AvgIpc) is 3.55. The van der Waals surface area contributed by atoms with E-state index in [1.165, 1.54) is 12.5 Å². The van der Waals surface area contributed by atoms with Crippen molar-refractivity contribution in [1.29, 1.82) is 0 Å². The van der Waals surface area contributed by atoms with Crippen molar-refractivity contribution in [2.45, 2.75) is 18.6 Å². The van der Waals surface area contributed by atoms with E-state index in [1.807, 2.05) is 35.2 Å². The van der Waals surface area contributed by atoms with Crippen LogP contribution in [0.25, 0.3) is 22.6 Å². The van der Waals surface area contributed by atoms with Gasteiger partial charge in [0.05, 0.1) is 29.2 Å². The van der Waals surface area contributed by atoms with E-state index < -0.39 is 11.7 Å². The van der Waals surface area contributed by atoms with Crippen LogP contribution in [0.1, 0.15) is 12.0 Å². The predicted molar refractivity (Wildman–Crippen MR) is 136 cm³/mol. The summed E-state index contributed by atoms with van der Waals surface area (Å²) in [4.78, 5) is 13.0. The molecule has 4 heterocycles. The Balaban J connectivity index is 1.34. The van der Waals surface area contributed by atoms with Gasteiger partial charge >= 0.3 is 6.18 Å². The van der Waals surface area contributed by atoms with Crippen molar-refractivity contribution in [3.05, 3.63) is 78.8 Å². The summed E-state index contributed by atoms with van der Waals surface area (Å²) in [7, 11) is 0. The lowest BCUT2D eigenvalue weighted by Crippen LogP contribution is -2.48. The second-order valence-corrected chi connectivity index (χ2v) is 9.14. The standard InChI is InChI=1S/C26H20F3N5OS/c27-26(28,29)18-5-1-3-16(11-18)21-7-8-22-24(32-21)34(20-9-10-33(22)14-20)25(36)31-19-6-2-4-17(12-19)23-13-30-15-35-23/h1-8,11-13,15,20H,9-10,14H2,(H,31,36). The van der Waals surface area contributed by atoms with E-state index in [0.29, 0.717) is 27.9 Å². The van der Waals surface area contributed by atoms with Gasteiger partial charge in [0.2, 0.25) is 0 Å². The molecular formula is C26H20F3N5OS. The molecule has 6 nitrogen and oxygen atoms in total. The Kier molecular flexibility index (Phi) is 5.40. The monoisotopic (exact) mass is 507 g/mol. The zero-order chi connectivity index (χ0) is 24.9. The number of fused-ring (bicyclic) bond motifs is 4. The summed E-state index contributed by atoms with van der Waals surface area (Å²) >= 11 is 5.84. The first-order chi connectivity index (χ1) is 17.4.